The maximum atomic E-state index is 13.7. The monoisotopic (exact) mass is 452 g/mol. The van der Waals surface area contributed by atoms with Gasteiger partial charge in [-0.25, -0.2) is 8.42 Å². The van der Waals surface area contributed by atoms with Gasteiger partial charge in [-0.2, -0.15) is 0 Å². The number of anilines is 2. The van der Waals surface area contributed by atoms with E-state index in [1.54, 1.807) is 49.4 Å². The van der Waals surface area contributed by atoms with Crippen LogP contribution in [0.5, 0.6) is 0 Å². The van der Waals surface area contributed by atoms with Crippen molar-refractivity contribution < 1.29 is 13.2 Å². The summed E-state index contributed by atoms with van der Waals surface area (Å²) < 4.78 is 28.6. The molecule has 158 valence electrons. The number of aryl methyl sites for hydroxylation is 1. The van der Waals surface area contributed by atoms with Crippen LogP contribution in [-0.4, -0.2) is 20.9 Å². The molecule has 5 nitrogen and oxygen atoms in total. The number of hydrogen-bond acceptors (Lipinski definition) is 3. The minimum atomic E-state index is -4.10. The molecule has 0 saturated carbocycles. The van der Waals surface area contributed by atoms with E-state index in [4.69, 9.17) is 11.6 Å². The molecule has 31 heavy (non-hydrogen) atoms. The molecule has 0 fully saturated rings. The second-order valence-corrected chi connectivity index (χ2v) is 9.41. The van der Waals surface area contributed by atoms with Crippen molar-refractivity contribution in [3.63, 3.8) is 0 Å². The highest BCUT2D eigenvalue weighted by atomic mass is 35.5. The minimum absolute atomic E-state index is 0.203. The van der Waals surface area contributed by atoms with Gasteiger partial charge in [-0.3, -0.25) is 9.10 Å². The SMILES string of the molecule is CCN1c2ccccc2C(c2ccccc2)=C(C(=O)Nc2cc(Cl)ccc2C)S1(=O)=O. The van der Waals surface area contributed by atoms with E-state index in [0.29, 0.717) is 33.1 Å². The number of carbonyl (C=O) groups is 1. The lowest BCUT2D eigenvalue weighted by Gasteiger charge is -2.32. The van der Waals surface area contributed by atoms with Crippen LogP contribution in [0.3, 0.4) is 0 Å². The Morgan fingerprint density at radius 1 is 1.00 bits per heavy atom. The van der Waals surface area contributed by atoms with Gasteiger partial charge in [0.05, 0.1) is 5.69 Å². The summed E-state index contributed by atoms with van der Waals surface area (Å²) in [5.41, 5.74) is 3.54. The summed E-state index contributed by atoms with van der Waals surface area (Å²) in [6, 6.07) is 21.4. The second-order valence-electron chi connectivity index (χ2n) is 7.17. The van der Waals surface area contributed by atoms with E-state index in [2.05, 4.69) is 5.32 Å². The van der Waals surface area contributed by atoms with Crippen molar-refractivity contribution in [3.8, 4) is 0 Å². The first-order valence-corrected chi connectivity index (χ1v) is 11.7. The number of benzene rings is 3. The maximum absolute atomic E-state index is 13.7. The fraction of sp³-hybridized carbons (Fsp3) is 0.125. The van der Waals surface area contributed by atoms with Gasteiger partial charge in [0.2, 0.25) is 0 Å². The first-order valence-electron chi connectivity index (χ1n) is 9.84. The summed E-state index contributed by atoms with van der Waals surface area (Å²) in [5, 5.41) is 3.21. The van der Waals surface area contributed by atoms with Crippen LogP contribution >= 0.6 is 11.6 Å². The van der Waals surface area contributed by atoms with Gasteiger partial charge in [0.25, 0.3) is 15.9 Å². The highest BCUT2D eigenvalue weighted by Crippen LogP contribution is 2.42. The Balaban J connectivity index is 1.99. The average molecular weight is 453 g/mol. The number of para-hydroxylation sites is 1. The summed E-state index contributed by atoms with van der Waals surface area (Å²) >= 11 is 6.09. The van der Waals surface area contributed by atoms with Gasteiger partial charge in [-0.1, -0.05) is 66.2 Å². The van der Waals surface area contributed by atoms with E-state index < -0.39 is 15.9 Å². The molecule has 0 saturated heterocycles. The summed E-state index contributed by atoms with van der Waals surface area (Å²) in [7, 11) is -4.10. The van der Waals surface area contributed by atoms with Gasteiger partial charge >= 0.3 is 0 Å². The standard InChI is InChI=1S/C24H21ClN2O3S/c1-3-27-21-12-8-7-11-19(21)22(17-9-5-4-6-10-17)23(31(27,29)30)24(28)26-20-15-18(25)14-13-16(20)2/h4-15H,3H2,1-2H3,(H,26,28). The summed E-state index contributed by atoms with van der Waals surface area (Å²) in [4.78, 5) is 13.2. The lowest BCUT2D eigenvalue weighted by atomic mass is 9.95. The zero-order chi connectivity index (χ0) is 22.2. The molecule has 0 aliphatic carbocycles. The molecule has 0 unspecified atom stereocenters. The molecule has 0 radical (unpaired) electrons. The Morgan fingerprint density at radius 3 is 2.39 bits per heavy atom. The predicted octanol–water partition coefficient (Wildman–Crippen LogP) is 5.22. The highest BCUT2D eigenvalue weighted by Gasteiger charge is 2.40. The Bertz CT molecular complexity index is 1300. The molecule has 3 aromatic carbocycles. The largest absolute Gasteiger partial charge is 0.321 e. The second kappa shape index (κ2) is 8.21. The summed E-state index contributed by atoms with van der Waals surface area (Å²) in [5.74, 6) is -0.697. The van der Waals surface area contributed by atoms with Crippen LogP contribution in [0.4, 0.5) is 11.4 Å². The van der Waals surface area contributed by atoms with Gasteiger partial charge in [0.15, 0.2) is 4.91 Å². The number of halogens is 1. The topological polar surface area (TPSA) is 66.5 Å². The lowest BCUT2D eigenvalue weighted by molar-refractivity contribution is -0.112. The Labute approximate surface area is 187 Å². The van der Waals surface area contributed by atoms with Gasteiger partial charge in [-0.05, 0) is 43.2 Å². The van der Waals surface area contributed by atoms with E-state index in [9.17, 15) is 13.2 Å². The smallest absolute Gasteiger partial charge is 0.270 e. The molecule has 0 aromatic heterocycles. The number of nitrogens with one attached hydrogen (secondary N) is 1. The van der Waals surface area contributed by atoms with E-state index in [0.717, 1.165) is 5.56 Å². The highest BCUT2D eigenvalue weighted by molar-refractivity contribution is 7.97. The zero-order valence-electron chi connectivity index (χ0n) is 17.1. The number of amides is 1. The third-order valence-electron chi connectivity index (χ3n) is 5.22. The molecule has 0 atom stereocenters. The van der Waals surface area contributed by atoms with Gasteiger partial charge in [0, 0.05) is 28.4 Å². The third-order valence-corrected chi connectivity index (χ3v) is 7.40. The fourth-order valence-electron chi connectivity index (χ4n) is 3.76. The van der Waals surface area contributed by atoms with Crippen molar-refractivity contribution in [2.24, 2.45) is 0 Å². The molecule has 1 amide bonds. The van der Waals surface area contributed by atoms with Crippen molar-refractivity contribution in [3.05, 3.63) is 99.4 Å². The number of fused-ring (bicyclic) bond motifs is 1. The molecular weight excluding hydrogens is 432 g/mol. The van der Waals surface area contributed by atoms with Gasteiger partial charge < -0.3 is 5.32 Å². The minimum Gasteiger partial charge on any atom is -0.321 e. The number of hydrogen-bond donors (Lipinski definition) is 1. The predicted molar refractivity (Wildman–Crippen MR) is 126 cm³/mol. The number of rotatable bonds is 4. The van der Waals surface area contributed by atoms with E-state index in [1.165, 1.54) is 4.31 Å². The molecule has 1 aliphatic rings. The molecular formula is C24H21ClN2O3S. The molecule has 0 bridgehead atoms. The van der Waals surface area contributed by atoms with Crippen LogP contribution in [0.15, 0.2) is 77.7 Å². The first-order chi connectivity index (χ1) is 14.8. The van der Waals surface area contributed by atoms with E-state index in [-0.39, 0.29) is 11.4 Å². The van der Waals surface area contributed by atoms with Crippen LogP contribution < -0.4 is 9.62 Å². The number of sulfonamides is 1. The molecule has 0 spiro atoms. The molecule has 1 heterocycles. The zero-order valence-corrected chi connectivity index (χ0v) is 18.7. The fourth-order valence-corrected chi connectivity index (χ4v) is 5.69. The Morgan fingerprint density at radius 2 is 1.68 bits per heavy atom. The summed E-state index contributed by atoms with van der Waals surface area (Å²) in [6.07, 6.45) is 0. The van der Waals surface area contributed by atoms with Crippen molar-refractivity contribution in [2.75, 3.05) is 16.2 Å². The van der Waals surface area contributed by atoms with Crippen molar-refractivity contribution in [1.82, 2.24) is 0 Å². The van der Waals surface area contributed by atoms with Crippen molar-refractivity contribution in [2.45, 2.75) is 13.8 Å². The maximum Gasteiger partial charge on any atom is 0.270 e. The van der Waals surface area contributed by atoms with Crippen molar-refractivity contribution in [1.29, 1.82) is 0 Å². The quantitative estimate of drug-likeness (QED) is 0.590. The van der Waals surface area contributed by atoms with Crippen molar-refractivity contribution >= 4 is 44.5 Å². The average Bonchev–Trinajstić information content (AvgIpc) is 2.75. The molecule has 3 aromatic rings. The Kier molecular flexibility index (Phi) is 5.60. The third kappa shape index (κ3) is 3.73. The normalized spacial score (nSPS) is 14.9. The van der Waals surface area contributed by atoms with Gasteiger partial charge in [0.1, 0.15) is 0 Å². The van der Waals surface area contributed by atoms with Crippen LogP contribution in [0.25, 0.3) is 5.57 Å². The first kappa shape index (κ1) is 21.2. The van der Waals surface area contributed by atoms with Crippen LogP contribution in [0, 0.1) is 6.92 Å². The summed E-state index contributed by atoms with van der Waals surface area (Å²) in [6.45, 7) is 3.77. The van der Waals surface area contributed by atoms with Gasteiger partial charge in [-0.15, -0.1) is 0 Å². The molecule has 1 N–H and O–H groups in total. The van der Waals surface area contributed by atoms with E-state index >= 15 is 0 Å². The van der Waals surface area contributed by atoms with Crippen LogP contribution in [0.2, 0.25) is 5.02 Å². The molecule has 7 heteroatoms. The molecule has 4 rings (SSSR count). The number of carbonyl (C=O) groups excluding carboxylic acids is 1. The number of nitrogens with zero attached hydrogens (tertiary/aromatic N) is 1. The van der Waals surface area contributed by atoms with Crippen LogP contribution in [-0.2, 0) is 14.8 Å². The molecule has 1 aliphatic heterocycles. The lowest BCUT2D eigenvalue weighted by Crippen LogP contribution is -2.39. The Hall–Kier alpha value is -3.09. The van der Waals surface area contributed by atoms with Crippen LogP contribution in [0.1, 0.15) is 23.6 Å². The van der Waals surface area contributed by atoms with E-state index in [1.807, 2.05) is 37.3 Å².